The Hall–Kier alpha value is -3.32. The molecule has 1 N–H and O–H groups in total. The van der Waals surface area contributed by atoms with Gasteiger partial charge in [-0.15, -0.1) is 6.58 Å². The summed E-state index contributed by atoms with van der Waals surface area (Å²) >= 11 is 0. The van der Waals surface area contributed by atoms with Crippen LogP contribution in [0.2, 0.25) is 0 Å². The molecule has 3 unspecified atom stereocenters. The number of hydrogen-bond donors (Lipinski definition) is 1. The number of halogens is 1. The second kappa shape index (κ2) is 8.43. The van der Waals surface area contributed by atoms with Gasteiger partial charge in [-0.25, -0.2) is 14.1 Å². The maximum Gasteiger partial charge on any atom is 0.315 e. The van der Waals surface area contributed by atoms with Crippen LogP contribution in [0.25, 0.3) is 17.1 Å². The molecule has 1 aromatic carbocycles. The van der Waals surface area contributed by atoms with Crippen LogP contribution in [0.15, 0.2) is 61.3 Å². The molecule has 2 aromatic heterocycles. The number of nitrogens with zero attached hydrogens (tertiary/aromatic N) is 3. The zero-order valence-electron chi connectivity index (χ0n) is 17.4. The van der Waals surface area contributed by atoms with Gasteiger partial charge in [-0.2, -0.15) is 5.10 Å². The number of benzene rings is 1. The van der Waals surface area contributed by atoms with Gasteiger partial charge in [0, 0.05) is 23.2 Å². The number of aliphatic hydroxyl groups is 1. The van der Waals surface area contributed by atoms with Crippen LogP contribution < -0.4 is 0 Å². The normalized spacial score (nSPS) is 21.2. The fourth-order valence-electron chi connectivity index (χ4n) is 4.02. The molecule has 6 nitrogen and oxygen atoms in total. The van der Waals surface area contributed by atoms with E-state index in [9.17, 15) is 14.3 Å². The number of ether oxygens (including phenoxy) is 1. The number of cyclic esters (lactones) is 1. The first-order valence-electron chi connectivity index (χ1n) is 10.2. The molecule has 0 bridgehead atoms. The van der Waals surface area contributed by atoms with E-state index in [0.717, 1.165) is 16.8 Å². The van der Waals surface area contributed by atoms with Crippen LogP contribution in [-0.4, -0.2) is 38.6 Å². The first kappa shape index (κ1) is 20.9. The Bertz CT molecular complexity index is 1090. The maximum atomic E-state index is 13.7. The summed E-state index contributed by atoms with van der Waals surface area (Å²) in [6, 6.07) is 11.6. The zero-order chi connectivity index (χ0) is 22.1. The number of hydrogen-bond acceptors (Lipinski definition) is 5. The molecule has 0 saturated carbocycles. The van der Waals surface area contributed by atoms with Gasteiger partial charge in [0.1, 0.15) is 18.3 Å². The monoisotopic (exact) mass is 421 g/mol. The number of carbonyl (C=O) groups excluding carboxylic acids is 1. The Morgan fingerprint density at radius 1 is 1.26 bits per heavy atom. The SMILES string of the molecule is C=CC1C(=O)OCC(c2c(C(C)C)nn(-c3ccccn3)c2-c2ccc(F)cc2)C1O. The number of aromatic nitrogens is 3. The van der Waals surface area contributed by atoms with Crippen molar-refractivity contribution in [2.75, 3.05) is 6.61 Å². The van der Waals surface area contributed by atoms with E-state index in [4.69, 9.17) is 9.84 Å². The van der Waals surface area contributed by atoms with Gasteiger partial charge < -0.3 is 9.84 Å². The predicted octanol–water partition coefficient (Wildman–Crippen LogP) is 4.00. The molecule has 1 aliphatic rings. The van der Waals surface area contributed by atoms with Crippen molar-refractivity contribution in [1.29, 1.82) is 0 Å². The molecule has 1 saturated heterocycles. The summed E-state index contributed by atoms with van der Waals surface area (Å²) in [5, 5.41) is 15.9. The summed E-state index contributed by atoms with van der Waals surface area (Å²) in [5.41, 5.74) is 2.93. The lowest BCUT2D eigenvalue weighted by Crippen LogP contribution is -2.41. The highest BCUT2D eigenvalue weighted by atomic mass is 19.1. The highest BCUT2D eigenvalue weighted by Gasteiger charge is 2.42. The third-order valence-electron chi connectivity index (χ3n) is 5.56. The van der Waals surface area contributed by atoms with Crippen molar-refractivity contribution < 1.29 is 19.0 Å². The fourth-order valence-corrected chi connectivity index (χ4v) is 4.02. The topological polar surface area (TPSA) is 77.2 Å². The van der Waals surface area contributed by atoms with Crippen molar-refractivity contribution in [3.63, 3.8) is 0 Å². The minimum atomic E-state index is -1.02. The maximum absolute atomic E-state index is 13.7. The highest BCUT2D eigenvalue weighted by molar-refractivity contribution is 5.77. The summed E-state index contributed by atoms with van der Waals surface area (Å²) in [5.74, 6) is -1.58. The molecule has 31 heavy (non-hydrogen) atoms. The lowest BCUT2D eigenvalue weighted by atomic mass is 9.81. The third kappa shape index (κ3) is 3.77. The van der Waals surface area contributed by atoms with Gasteiger partial charge in [0.2, 0.25) is 0 Å². The van der Waals surface area contributed by atoms with Crippen molar-refractivity contribution in [2.24, 2.45) is 5.92 Å². The molecule has 0 radical (unpaired) electrons. The second-order valence-corrected chi connectivity index (χ2v) is 7.90. The van der Waals surface area contributed by atoms with Gasteiger partial charge in [-0.3, -0.25) is 4.79 Å². The number of aliphatic hydroxyl groups excluding tert-OH is 1. The van der Waals surface area contributed by atoms with Crippen LogP contribution in [0.5, 0.6) is 0 Å². The standard InChI is InChI=1S/C24H24FN3O3/c1-4-17-23(29)18(13-31-24(17)30)20-21(14(2)3)27-28(19-7-5-6-12-26-19)22(20)15-8-10-16(25)11-9-15/h4-12,14,17-18,23,29H,1,13H2,2-3H3. The van der Waals surface area contributed by atoms with E-state index >= 15 is 0 Å². The van der Waals surface area contributed by atoms with Crippen LogP contribution in [0.4, 0.5) is 4.39 Å². The Kier molecular flexibility index (Phi) is 5.69. The van der Waals surface area contributed by atoms with E-state index in [1.54, 1.807) is 23.0 Å². The van der Waals surface area contributed by atoms with Crippen molar-refractivity contribution in [2.45, 2.75) is 31.8 Å². The number of rotatable bonds is 5. The van der Waals surface area contributed by atoms with E-state index in [2.05, 4.69) is 11.6 Å². The van der Waals surface area contributed by atoms with Gasteiger partial charge in [0.15, 0.2) is 5.82 Å². The summed E-state index contributed by atoms with van der Waals surface area (Å²) in [6.45, 7) is 7.72. The van der Waals surface area contributed by atoms with E-state index in [1.165, 1.54) is 18.2 Å². The van der Waals surface area contributed by atoms with Crippen LogP contribution >= 0.6 is 0 Å². The average molecular weight is 421 g/mol. The molecule has 3 atom stereocenters. The smallest absolute Gasteiger partial charge is 0.315 e. The second-order valence-electron chi connectivity index (χ2n) is 7.90. The molecule has 1 fully saturated rings. The van der Waals surface area contributed by atoms with Crippen molar-refractivity contribution in [1.82, 2.24) is 14.8 Å². The largest absolute Gasteiger partial charge is 0.464 e. The van der Waals surface area contributed by atoms with Crippen LogP contribution in [0.3, 0.4) is 0 Å². The minimum Gasteiger partial charge on any atom is -0.464 e. The average Bonchev–Trinajstić information content (AvgIpc) is 3.16. The molecule has 0 spiro atoms. The predicted molar refractivity (Wildman–Crippen MR) is 114 cm³/mol. The summed E-state index contributed by atoms with van der Waals surface area (Å²) in [4.78, 5) is 16.6. The lowest BCUT2D eigenvalue weighted by Gasteiger charge is -2.33. The van der Waals surface area contributed by atoms with Crippen molar-refractivity contribution in [3.05, 3.63) is 78.4 Å². The van der Waals surface area contributed by atoms with Gasteiger partial charge in [-0.05, 0) is 42.3 Å². The van der Waals surface area contributed by atoms with Gasteiger partial charge in [0.05, 0.1) is 17.5 Å². The summed E-state index contributed by atoms with van der Waals surface area (Å²) in [7, 11) is 0. The van der Waals surface area contributed by atoms with E-state index in [0.29, 0.717) is 11.5 Å². The Balaban J connectivity index is 1.99. The Morgan fingerprint density at radius 2 is 2.00 bits per heavy atom. The number of pyridine rings is 1. The van der Waals surface area contributed by atoms with Gasteiger partial charge in [0.25, 0.3) is 0 Å². The number of carbonyl (C=O) groups is 1. The summed E-state index contributed by atoms with van der Waals surface area (Å²) in [6.07, 6.45) is 2.07. The lowest BCUT2D eigenvalue weighted by molar-refractivity contribution is -0.159. The molecular formula is C24H24FN3O3. The molecule has 4 rings (SSSR count). The molecule has 3 aromatic rings. The molecule has 0 aliphatic carbocycles. The zero-order valence-corrected chi connectivity index (χ0v) is 17.4. The van der Waals surface area contributed by atoms with Gasteiger partial charge >= 0.3 is 5.97 Å². The first-order chi connectivity index (χ1) is 14.9. The highest BCUT2D eigenvalue weighted by Crippen LogP contribution is 2.41. The number of esters is 1. The molecule has 0 amide bonds. The van der Waals surface area contributed by atoms with E-state index in [1.807, 2.05) is 32.0 Å². The first-order valence-corrected chi connectivity index (χ1v) is 10.2. The van der Waals surface area contributed by atoms with Crippen LogP contribution in [0.1, 0.15) is 36.9 Å². The third-order valence-corrected chi connectivity index (χ3v) is 5.56. The van der Waals surface area contributed by atoms with E-state index < -0.39 is 23.9 Å². The van der Waals surface area contributed by atoms with Crippen molar-refractivity contribution in [3.8, 4) is 17.1 Å². The van der Waals surface area contributed by atoms with Gasteiger partial charge in [-0.1, -0.05) is 26.0 Å². The Morgan fingerprint density at radius 3 is 2.61 bits per heavy atom. The quantitative estimate of drug-likeness (QED) is 0.498. The molecule has 160 valence electrons. The van der Waals surface area contributed by atoms with E-state index in [-0.39, 0.29) is 18.3 Å². The summed E-state index contributed by atoms with van der Waals surface area (Å²) < 4.78 is 20.8. The van der Waals surface area contributed by atoms with Crippen LogP contribution in [0, 0.1) is 11.7 Å². The molecular weight excluding hydrogens is 397 g/mol. The fraction of sp³-hybridized carbons (Fsp3) is 0.292. The minimum absolute atomic E-state index is 0.0196. The van der Waals surface area contributed by atoms with Crippen molar-refractivity contribution >= 4 is 5.97 Å². The molecule has 1 aliphatic heterocycles. The molecule has 3 heterocycles. The molecule has 7 heteroatoms. The Labute approximate surface area is 180 Å². The van der Waals surface area contributed by atoms with Crippen LogP contribution in [-0.2, 0) is 9.53 Å².